The third-order valence-electron chi connectivity index (χ3n) is 3.38. The molecule has 4 atom stereocenters. The van der Waals surface area contributed by atoms with Crippen LogP contribution >= 0.6 is 0 Å². The third kappa shape index (κ3) is 0.755. The number of allylic oxidation sites excluding steroid dienone is 5. The molecule has 0 amide bonds. The summed E-state index contributed by atoms with van der Waals surface area (Å²) in [6.45, 7) is 0. The first-order chi connectivity index (χ1) is 6.27. The highest BCUT2D eigenvalue weighted by Crippen LogP contribution is 2.50. The molecular formula is C11H10O2. The Bertz CT molecular complexity index is 362. The molecule has 0 aromatic carbocycles. The number of carbonyl (C=O) groups is 1. The van der Waals surface area contributed by atoms with Crippen molar-refractivity contribution in [3.8, 4) is 0 Å². The van der Waals surface area contributed by atoms with Crippen LogP contribution in [0.5, 0.6) is 0 Å². The van der Waals surface area contributed by atoms with E-state index in [-0.39, 0.29) is 5.92 Å². The second-order valence-corrected chi connectivity index (χ2v) is 3.95. The molecule has 0 radical (unpaired) electrons. The molecule has 0 spiro atoms. The van der Waals surface area contributed by atoms with E-state index in [4.69, 9.17) is 5.11 Å². The summed E-state index contributed by atoms with van der Waals surface area (Å²) in [4.78, 5) is 10.9. The van der Waals surface area contributed by atoms with Gasteiger partial charge in [0.1, 0.15) is 0 Å². The Kier molecular flexibility index (Phi) is 1.17. The van der Waals surface area contributed by atoms with Gasteiger partial charge in [-0.25, -0.2) is 4.79 Å². The van der Waals surface area contributed by atoms with Gasteiger partial charge in [0.2, 0.25) is 0 Å². The quantitative estimate of drug-likeness (QED) is 0.613. The summed E-state index contributed by atoms with van der Waals surface area (Å²) in [6, 6.07) is 0. The Morgan fingerprint density at radius 3 is 2.62 bits per heavy atom. The molecule has 0 aromatic heterocycles. The molecule has 13 heavy (non-hydrogen) atoms. The van der Waals surface area contributed by atoms with Crippen molar-refractivity contribution in [1.29, 1.82) is 0 Å². The molecule has 66 valence electrons. The van der Waals surface area contributed by atoms with E-state index in [2.05, 4.69) is 24.3 Å². The minimum atomic E-state index is -0.752. The smallest absolute Gasteiger partial charge is 0.331 e. The highest BCUT2D eigenvalue weighted by atomic mass is 16.4. The van der Waals surface area contributed by atoms with E-state index in [9.17, 15) is 4.79 Å². The van der Waals surface area contributed by atoms with Crippen molar-refractivity contribution in [3.63, 3.8) is 0 Å². The van der Waals surface area contributed by atoms with Crippen LogP contribution in [0.4, 0.5) is 0 Å². The fourth-order valence-electron chi connectivity index (χ4n) is 2.83. The molecule has 0 bridgehead atoms. The van der Waals surface area contributed by atoms with Crippen LogP contribution in [-0.2, 0) is 4.79 Å². The molecule has 0 aromatic rings. The maximum absolute atomic E-state index is 10.9. The van der Waals surface area contributed by atoms with Crippen molar-refractivity contribution in [1.82, 2.24) is 0 Å². The highest BCUT2D eigenvalue weighted by Gasteiger charge is 2.45. The van der Waals surface area contributed by atoms with Crippen LogP contribution in [0.2, 0.25) is 0 Å². The van der Waals surface area contributed by atoms with Gasteiger partial charge in [-0.3, -0.25) is 0 Å². The molecular weight excluding hydrogens is 164 g/mol. The SMILES string of the molecule is O=C(O)C1=C[C@H]2C=C[C@H]3C=C[C@H]1[C@H]32. The Morgan fingerprint density at radius 1 is 1.15 bits per heavy atom. The van der Waals surface area contributed by atoms with E-state index >= 15 is 0 Å². The predicted molar refractivity (Wildman–Crippen MR) is 48.0 cm³/mol. The molecule has 0 saturated heterocycles. The largest absolute Gasteiger partial charge is 0.478 e. The van der Waals surface area contributed by atoms with Crippen LogP contribution in [-0.4, -0.2) is 11.1 Å². The lowest BCUT2D eigenvalue weighted by Crippen LogP contribution is -2.15. The molecule has 0 fully saturated rings. The topological polar surface area (TPSA) is 37.3 Å². The minimum absolute atomic E-state index is 0.169. The fourth-order valence-corrected chi connectivity index (χ4v) is 2.83. The van der Waals surface area contributed by atoms with Gasteiger partial charge in [-0.1, -0.05) is 30.4 Å². The maximum atomic E-state index is 10.9. The van der Waals surface area contributed by atoms with Crippen LogP contribution in [0.25, 0.3) is 0 Å². The molecule has 2 heteroatoms. The van der Waals surface area contributed by atoms with Gasteiger partial charge in [0, 0.05) is 17.4 Å². The van der Waals surface area contributed by atoms with Crippen LogP contribution in [0.15, 0.2) is 36.0 Å². The van der Waals surface area contributed by atoms with E-state index in [1.54, 1.807) is 0 Å². The molecule has 3 aliphatic carbocycles. The van der Waals surface area contributed by atoms with E-state index < -0.39 is 5.97 Å². The van der Waals surface area contributed by atoms with Gasteiger partial charge < -0.3 is 5.11 Å². The molecule has 0 heterocycles. The van der Waals surface area contributed by atoms with E-state index in [0.717, 1.165) is 0 Å². The van der Waals surface area contributed by atoms with Crippen molar-refractivity contribution < 1.29 is 9.90 Å². The van der Waals surface area contributed by atoms with Crippen molar-refractivity contribution in [2.45, 2.75) is 0 Å². The third-order valence-corrected chi connectivity index (χ3v) is 3.38. The lowest BCUT2D eigenvalue weighted by molar-refractivity contribution is -0.133. The number of carboxylic acid groups (broad SMARTS) is 1. The van der Waals surface area contributed by atoms with Gasteiger partial charge in [0.15, 0.2) is 0 Å². The van der Waals surface area contributed by atoms with Gasteiger partial charge in [-0.15, -0.1) is 0 Å². The summed E-state index contributed by atoms with van der Waals surface area (Å²) in [7, 11) is 0. The molecule has 0 aliphatic heterocycles. The minimum Gasteiger partial charge on any atom is -0.478 e. The van der Waals surface area contributed by atoms with Gasteiger partial charge in [-0.2, -0.15) is 0 Å². The van der Waals surface area contributed by atoms with Gasteiger partial charge >= 0.3 is 5.97 Å². The van der Waals surface area contributed by atoms with Crippen molar-refractivity contribution in [3.05, 3.63) is 36.0 Å². The van der Waals surface area contributed by atoms with Crippen LogP contribution in [0.3, 0.4) is 0 Å². The fraction of sp³-hybridized carbons (Fsp3) is 0.364. The average Bonchev–Trinajstić information content (AvgIpc) is 2.72. The normalized spacial score (nSPS) is 43.8. The van der Waals surface area contributed by atoms with Crippen molar-refractivity contribution >= 4 is 5.97 Å². The Morgan fingerprint density at radius 2 is 1.85 bits per heavy atom. The number of aliphatic carboxylic acids is 1. The number of hydrogen-bond acceptors (Lipinski definition) is 1. The van der Waals surface area contributed by atoms with Crippen LogP contribution in [0, 0.1) is 23.7 Å². The first-order valence-electron chi connectivity index (χ1n) is 4.59. The molecule has 0 unspecified atom stereocenters. The maximum Gasteiger partial charge on any atom is 0.331 e. The average molecular weight is 174 g/mol. The number of carboxylic acids is 1. The molecule has 0 saturated carbocycles. The molecule has 2 nitrogen and oxygen atoms in total. The second-order valence-electron chi connectivity index (χ2n) is 3.95. The lowest BCUT2D eigenvalue weighted by atomic mass is 9.87. The van der Waals surface area contributed by atoms with E-state index in [1.807, 2.05) is 6.08 Å². The zero-order valence-electron chi connectivity index (χ0n) is 7.05. The Balaban J connectivity index is 2.07. The molecule has 3 rings (SSSR count). The second kappa shape index (κ2) is 2.13. The van der Waals surface area contributed by atoms with Crippen LogP contribution < -0.4 is 0 Å². The number of rotatable bonds is 1. The van der Waals surface area contributed by atoms with Crippen LogP contribution in [0.1, 0.15) is 0 Å². The zero-order chi connectivity index (χ0) is 9.00. The van der Waals surface area contributed by atoms with Gasteiger partial charge in [0.05, 0.1) is 0 Å². The standard InChI is InChI=1S/C11H10O2/c12-11(13)9-5-7-2-1-6-3-4-8(9)10(6)7/h1-8,10H,(H,12,13)/t6-,7+,8+,10+/m0/s1. The summed E-state index contributed by atoms with van der Waals surface area (Å²) in [6.07, 6.45) is 10.4. The summed E-state index contributed by atoms with van der Waals surface area (Å²) < 4.78 is 0. The Hall–Kier alpha value is -1.31. The Labute approximate surface area is 76.3 Å². The van der Waals surface area contributed by atoms with Gasteiger partial charge in [0.25, 0.3) is 0 Å². The molecule has 1 N–H and O–H groups in total. The van der Waals surface area contributed by atoms with Gasteiger partial charge in [-0.05, 0) is 11.8 Å². The molecule has 3 aliphatic rings. The predicted octanol–water partition coefficient (Wildman–Crippen LogP) is 1.62. The highest BCUT2D eigenvalue weighted by molar-refractivity contribution is 5.89. The summed E-state index contributed by atoms with van der Waals surface area (Å²) >= 11 is 0. The number of hydrogen-bond donors (Lipinski definition) is 1. The zero-order valence-corrected chi connectivity index (χ0v) is 7.05. The monoisotopic (exact) mass is 174 g/mol. The summed E-state index contributed by atoms with van der Waals surface area (Å²) in [5.74, 6) is 0.769. The summed E-state index contributed by atoms with van der Waals surface area (Å²) in [5.41, 5.74) is 0.595. The van der Waals surface area contributed by atoms with E-state index in [1.165, 1.54) is 0 Å². The lowest BCUT2D eigenvalue weighted by Gasteiger charge is -2.15. The van der Waals surface area contributed by atoms with E-state index in [0.29, 0.717) is 23.3 Å². The summed E-state index contributed by atoms with van der Waals surface area (Å²) in [5, 5.41) is 8.96. The first kappa shape index (κ1) is 7.13. The van der Waals surface area contributed by atoms with Crippen molar-refractivity contribution in [2.75, 3.05) is 0 Å². The first-order valence-corrected chi connectivity index (χ1v) is 4.59. The van der Waals surface area contributed by atoms with Crippen molar-refractivity contribution in [2.24, 2.45) is 23.7 Å².